The minimum absolute atomic E-state index is 0.203. The normalized spacial score (nSPS) is 14.5. The molecule has 1 aliphatic rings. The summed E-state index contributed by atoms with van der Waals surface area (Å²) in [4.78, 5) is 35.4. The summed E-state index contributed by atoms with van der Waals surface area (Å²) in [5.74, 6) is -1.58. The van der Waals surface area contributed by atoms with E-state index >= 15 is 0 Å². The van der Waals surface area contributed by atoms with E-state index in [1.165, 1.54) is 5.01 Å². The zero-order valence-corrected chi connectivity index (χ0v) is 13.1. The number of nitrogens with two attached hydrogens (primary N) is 1. The molecule has 0 bridgehead atoms. The predicted octanol–water partition coefficient (Wildman–Crippen LogP) is 0.148. The lowest BCUT2D eigenvalue weighted by molar-refractivity contribution is -0.406. The number of non-ortho nitro benzene ring substituents is 1. The van der Waals surface area contributed by atoms with Crippen molar-refractivity contribution in [3.8, 4) is 5.75 Å². The summed E-state index contributed by atoms with van der Waals surface area (Å²) in [6.07, 6.45) is 0. The van der Waals surface area contributed by atoms with Gasteiger partial charge in [0.15, 0.2) is 0 Å². The highest BCUT2D eigenvalue weighted by atomic mass is 16.7. The van der Waals surface area contributed by atoms with Crippen LogP contribution in [0.2, 0.25) is 0 Å². The van der Waals surface area contributed by atoms with Gasteiger partial charge in [-0.1, -0.05) is 5.17 Å². The molecule has 0 atom stereocenters. The molecule has 1 aromatic carbocycles. The van der Waals surface area contributed by atoms with Gasteiger partial charge in [0.25, 0.3) is 5.69 Å². The van der Waals surface area contributed by atoms with Crippen LogP contribution < -0.4 is 10.6 Å². The maximum atomic E-state index is 11.2. The molecule has 0 spiro atoms. The van der Waals surface area contributed by atoms with Gasteiger partial charge in [-0.2, -0.15) is 5.01 Å². The Labute approximate surface area is 144 Å². The van der Waals surface area contributed by atoms with Crippen LogP contribution in [0.15, 0.2) is 12.1 Å². The van der Waals surface area contributed by atoms with E-state index in [-0.39, 0.29) is 26.3 Å². The second kappa shape index (κ2) is 7.53. The Balaban J connectivity index is 2.54. The minimum atomic E-state index is -1.06. The number of nitro benzene ring substituents is 3. The second-order valence-electron chi connectivity index (χ2n) is 4.90. The van der Waals surface area contributed by atoms with Gasteiger partial charge in [0, 0.05) is 13.1 Å². The van der Waals surface area contributed by atoms with E-state index in [1.807, 2.05) is 0 Å². The van der Waals surface area contributed by atoms with Crippen LogP contribution in [0.4, 0.5) is 17.1 Å². The minimum Gasteiger partial charge on any atom is -0.379 e. The summed E-state index contributed by atoms with van der Waals surface area (Å²) in [5.41, 5.74) is 2.53. The molecule has 0 saturated carbocycles. The Morgan fingerprint density at radius 3 is 2.00 bits per heavy atom. The lowest BCUT2D eigenvalue weighted by atomic mass is 10.2. The molecular formula is C11H13N7O8. The number of ether oxygens (including phenoxy) is 1. The highest BCUT2D eigenvalue weighted by Crippen LogP contribution is 2.41. The average Bonchev–Trinajstić information content (AvgIpc) is 2.59. The number of rotatable bonds is 6. The molecule has 15 heteroatoms. The summed E-state index contributed by atoms with van der Waals surface area (Å²) in [6, 6.07) is 1.06. The molecule has 2 rings (SSSR count). The number of benzene rings is 1. The molecule has 1 saturated heterocycles. The highest BCUT2D eigenvalue weighted by Gasteiger charge is 2.36. The summed E-state index contributed by atoms with van der Waals surface area (Å²) < 4.78 is 5.12. The number of morpholine rings is 1. The van der Waals surface area contributed by atoms with E-state index in [0.717, 1.165) is 0 Å². The van der Waals surface area contributed by atoms with Crippen molar-refractivity contribution in [2.24, 2.45) is 5.73 Å². The summed E-state index contributed by atoms with van der Waals surface area (Å²) >= 11 is 0. The van der Waals surface area contributed by atoms with Crippen molar-refractivity contribution in [3.63, 3.8) is 0 Å². The monoisotopic (exact) mass is 371 g/mol. The van der Waals surface area contributed by atoms with Gasteiger partial charge in [-0.05, 0) is 0 Å². The largest absolute Gasteiger partial charge is 0.379 e. The van der Waals surface area contributed by atoms with Crippen LogP contribution in [0.3, 0.4) is 0 Å². The Morgan fingerprint density at radius 1 is 1.12 bits per heavy atom. The van der Waals surface area contributed by atoms with Gasteiger partial charge in [-0.15, -0.1) is 0 Å². The topological polar surface area (TPSA) is 204 Å². The molecular weight excluding hydrogens is 358 g/mol. The van der Waals surface area contributed by atoms with Crippen molar-refractivity contribution in [1.82, 2.24) is 10.2 Å². The summed E-state index contributed by atoms with van der Waals surface area (Å²) in [7, 11) is 0. The maximum Gasteiger partial charge on any atom is 0.328 e. The van der Waals surface area contributed by atoms with Crippen LogP contribution in [0.25, 0.3) is 0 Å². The molecule has 0 aromatic heterocycles. The molecule has 140 valence electrons. The van der Waals surface area contributed by atoms with Crippen LogP contribution in [-0.4, -0.2) is 57.2 Å². The number of nitrogens with zero attached hydrogens (tertiary/aromatic N) is 5. The molecule has 1 heterocycles. The number of guanidine groups is 1. The smallest absolute Gasteiger partial charge is 0.328 e. The predicted molar refractivity (Wildman–Crippen MR) is 83.2 cm³/mol. The lowest BCUT2D eigenvalue weighted by Gasteiger charge is -2.35. The standard InChI is InChI=1S/C11H13N7O8/c12-11(13)15(14-1-3-25-4-2-14)26-10-8(17(21)22)5-7(16(19)20)6-9(10)18(23)24/h5-6H,1-4H2,(H3,12,13). The first-order valence-corrected chi connectivity index (χ1v) is 6.98. The van der Waals surface area contributed by atoms with Crippen LogP contribution in [0.1, 0.15) is 0 Å². The first-order chi connectivity index (χ1) is 12.2. The third-order valence-electron chi connectivity index (χ3n) is 3.27. The zero-order chi connectivity index (χ0) is 19.4. The fraction of sp³-hybridized carbons (Fsp3) is 0.364. The first kappa shape index (κ1) is 18.7. The fourth-order valence-electron chi connectivity index (χ4n) is 2.14. The first-order valence-electron chi connectivity index (χ1n) is 6.98. The van der Waals surface area contributed by atoms with Crippen molar-refractivity contribution >= 4 is 23.0 Å². The zero-order valence-electron chi connectivity index (χ0n) is 13.1. The van der Waals surface area contributed by atoms with Crippen molar-refractivity contribution in [2.75, 3.05) is 26.3 Å². The van der Waals surface area contributed by atoms with E-state index in [2.05, 4.69) is 0 Å². The molecule has 0 unspecified atom stereocenters. The van der Waals surface area contributed by atoms with E-state index in [1.54, 1.807) is 0 Å². The van der Waals surface area contributed by atoms with Crippen LogP contribution in [-0.2, 0) is 4.74 Å². The van der Waals surface area contributed by atoms with Crippen molar-refractivity contribution in [1.29, 1.82) is 5.41 Å². The van der Waals surface area contributed by atoms with Crippen LogP contribution >= 0.6 is 0 Å². The molecule has 0 aliphatic carbocycles. The Morgan fingerprint density at radius 2 is 1.62 bits per heavy atom. The van der Waals surface area contributed by atoms with Gasteiger partial charge < -0.3 is 15.3 Å². The molecule has 15 nitrogen and oxygen atoms in total. The number of hydrogen-bond donors (Lipinski definition) is 2. The highest BCUT2D eigenvalue weighted by molar-refractivity contribution is 5.74. The maximum absolute atomic E-state index is 11.2. The number of hydrazine groups is 1. The van der Waals surface area contributed by atoms with Gasteiger partial charge in [-0.25, -0.2) is 0 Å². The molecule has 0 radical (unpaired) electrons. The van der Waals surface area contributed by atoms with Crippen molar-refractivity contribution < 1.29 is 24.3 Å². The van der Waals surface area contributed by atoms with E-state index in [9.17, 15) is 30.3 Å². The molecule has 1 aliphatic heterocycles. The van der Waals surface area contributed by atoms with Gasteiger partial charge >= 0.3 is 17.1 Å². The van der Waals surface area contributed by atoms with E-state index < -0.39 is 43.5 Å². The van der Waals surface area contributed by atoms with E-state index in [4.69, 9.17) is 20.7 Å². The number of hydrogen-bond acceptors (Lipinski definition) is 10. The molecule has 0 amide bonds. The molecule has 1 aromatic rings. The quantitative estimate of drug-likeness (QED) is 0.298. The Bertz CT molecular complexity index is 728. The molecule has 3 N–H and O–H groups in total. The average molecular weight is 371 g/mol. The number of nitrogens with one attached hydrogen (secondary N) is 1. The third kappa shape index (κ3) is 3.90. The third-order valence-corrected chi connectivity index (χ3v) is 3.27. The van der Waals surface area contributed by atoms with Gasteiger partial charge in [-0.3, -0.25) is 35.8 Å². The van der Waals surface area contributed by atoms with Crippen molar-refractivity contribution in [3.05, 3.63) is 42.5 Å². The lowest BCUT2D eigenvalue weighted by Crippen LogP contribution is -2.55. The van der Waals surface area contributed by atoms with E-state index in [0.29, 0.717) is 17.3 Å². The summed E-state index contributed by atoms with van der Waals surface area (Å²) in [6.45, 7) is 0.900. The molecule has 26 heavy (non-hydrogen) atoms. The van der Waals surface area contributed by atoms with Gasteiger partial charge in [0.1, 0.15) is 0 Å². The van der Waals surface area contributed by atoms with Crippen LogP contribution in [0.5, 0.6) is 5.75 Å². The number of hydroxylamine groups is 1. The van der Waals surface area contributed by atoms with Crippen LogP contribution in [0, 0.1) is 35.8 Å². The number of nitro groups is 3. The Hall–Kier alpha value is -3.59. The molecule has 1 fully saturated rings. The summed E-state index contributed by atoms with van der Waals surface area (Å²) in [5, 5.41) is 42.9. The fourth-order valence-corrected chi connectivity index (χ4v) is 2.14. The van der Waals surface area contributed by atoms with Crippen molar-refractivity contribution in [2.45, 2.75) is 0 Å². The SMILES string of the molecule is N=C(N)N(Oc1c([N+](=O)[O-])cc([N+](=O)[O-])cc1[N+](=O)[O-])N1CCOCC1. The van der Waals surface area contributed by atoms with Gasteiger partial charge in [0.2, 0.25) is 5.96 Å². The van der Waals surface area contributed by atoms with Gasteiger partial charge in [0.05, 0.1) is 40.1 Å². The second-order valence-corrected chi connectivity index (χ2v) is 4.90. The Kier molecular flexibility index (Phi) is 5.43.